The first-order valence-electron chi connectivity index (χ1n) is 7.30. The van der Waals surface area contributed by atoms with Crippen LogP contribution in [0, 0.1) is 0 Å². The Hall–Kier alpha value is -0.940. The molecule has 1 rings (SSSR count). The Kier molecular flexibility index (Phi) is 6.62. The van der Waals surface area contributed by atoms with E-state index in [0.29, 0.717) is 6.61 Å². The van der Waals surface area contributed by atoms with E-state index in [1.807, 2.05) is 26.2 Å². The average Bonchev–Trinajstić information content (AvgIpc) is 2.89. The third-order valence-corrected chi connectivity index (χ3v) is 4.42. The largest absolute Gasteiger partial charge is 0.465 e. The standard InChI is InChI=1S/C15H26N2O2S/c1-6-17(7-2)10-9-13-16-12(11-20-13)15(4,5)14(18)19-8-3/h11H,6-10H2,1-5H3. The third kappa shape index (κ3) is 4.28. The topological polar surface area (TPSA) is 42.4 Å². The van der Waals surface area contributed by atoms with Crippen LogP contribution in [0.4, 0.5) is 0 Å². The highest BCUT2D eigenvalue weighted by atomic mass is 32.1. The van der Waals surface area contributed by atoms with E-state index in [9.17, 15) is 4.79 Å². The minimum absolute atomic E-state index is 0.208. The van der Waals surface area contributed by atoms with E-state index in [1.54, 1.807) is 11.3 Å². The molecule has 0 saturated heterocycles. The molecule has 0 N–H and O–H groups in total. The predicted molar refractivity (Wildman–Crippen MR) is 83.3 cm³/mol. The molecule has 0 aliphatic carbocycles. The molecular weight excluding hydrogens is 272 g/mol. The normalized spacial score (nSPS) is 11.9. The lowest BCUT2D eigenvalue weighted by Crippen LogP contribution is -2.31. The lowest BCUT2D eigenvalue weighted by Gasteiger charge is -2.20. The number of carbonyl (C=O) groups excluding carboxylic acids is 1. The fraction of sp³-hybridized carbons (Fsp3) is 0.733. The van der Waals surface area contributed by atoms with Crippen LogP contribution in [0.25, 0.3) is 0 Å². The van der Waals surface area contributed by atoms with Gasteiger partial charge < -0.3 is 9.64 Å². The first-order valence-corrected chi connectivity index (χ1v) is 8.18. The van der Waals surface area contributed by atoms with Gasteiger partial charge in [-0.1, -0.05) is 13.8 Å². The molecular formula is C15H26N2O2S. The molecule has 114 valence electrons. The van der Waals surface area contributed by atoms with Crippen molar-refractivity contribution in [3.05, 3.63) is 16.1 Å². The maximum atomic E-state index is 12.0. The molecule has 0 aliphatic rings. The zero-order valence-electron chi connectivity index (χ0n) is 13.2. The van der Waals surface area contributed by atoms with Crippen molar-refractivity contribution >= 4 is 17.3 Å². The van der Waals surface area contributed by atoms with Gasteiger partial charge in [-0.05, 0) is 33.9 Å². The van der Waals surface area contributed by atoms with Gasteiger partial charge in [-0.25, -0.2) is 4.98 Å². The minimum atomic E-state index is -0.667. The molecule has 0 aromatic carbocycles. The Balaban J connectivity index is 2.69. The summed E-state index contributed by atoms with van der Waals surface area (Å²) in [6.45, 7) is 13.4. The summed E-state index contributed by atoms with van der Waals surface area (Å²) in [6.07, 6.45) is 0.936. The molecule has 0 saturated carbocycles. The van der Waals surface area contributed by atoms with E-state index in [-0.39, 0.29) is 5.97 Å². The Bertz CT molecular complexity index is 425. The molecule has 1 heterocycles. The van der Waals surface area contributed by atoms with Crippen LogP contribution in [0.5, 0.6) is 0 Å². The van der Waals surface area contributed by atoms with Crippen LogP contribution in [0.3, 0.4) is 0 Å². The van der Waals surface area contributed by atoms with E-state index < -0.39 is 5.41 Å². The Morgan fingerprint density at radius 1 is 1.35 bits per heavy atom. The molecule has 0 spiro atoms. The number of rotatable bonds is 8. The van der Waals surface area contributed by atoms with Crippen molar-refractivity contribution in [2.75, 3.05) is 26.2 Å². The molecule has 0 aliphatic heterocycles. The maximum Gasteiger partial charge on any atom is 0.317 e. The lowest BCUT2D eigenvalue weighted by molar-refractivity contribution is -0.148. The Morgan fingerprint density at radius 3 is 2.55 bits per heavy atom. The molecule has 1 aromatic rings. The second-order valence-corrected chi connectivity index (χ2v) is 6.19. The van der Waals surface area contributed by atoms with E-state index in [1.165, 1.54) is 0 Å². The quantitative estimate of drug-likeness (QED) is 0.692. The Morgan fingerprint density at radius 2 is 2.00 bits per heavy atom. The molecule has 0 fully saturated rings. The van der Waals surface area contributed by atoms with Crippen LogP contribution >= 0.6 is 11.3 Å². The van der Waals surface area contributed by atoms with Gasteiger partial charge >= 0.3 is 5.97 Å². The summed E-state index contributed by atoms with van der Waals surface area (Å²) in [5.74, 6) is -0.208. The number of aromatic nitrogens is 1. The summed E-state index contributed by atoms with van der Waals surface area (Å²) in [7, 11) is 0. The van der Waals surface area contributed by atoms with Crippen molar-refractivity contribution in [3.63, 3.8) is 0 Å². The van der Waals surface area contributed by atoms with Crippen LogP contribution in [-0.4, -0.2) is 42.1 Å². The highest BCUT2D eigenvalue weighted by molar-refractivity contribution is 7.09. The van der Waals surface area contributed by atoms with Gasteiger partial charge in [-0.3, -0.25) is 4.79 Å². The fourth-order valence-corrected chi connectivity index (χ4v) is 2.88. The molecule has 20 heavy (non-hydrogen) atoms. The third-order valence-electron chi connectivity index (χ3n) is 3.51. The van der Waals surface area contributed by atoms with Crippen molar-refractivity contribution in [1.29, 1.82) is 0 Å². The van der Waals surface area contributed by atoms with Gasteiger partial charge in [0, 0.05) is 18.3 Å². The number of ether oxygens (including phenoxy) is 1. The van der Waals surface area contributed by atoms with Gasteiger partial charge in [-0.15, -0.1) is 11.3 Å². The summed E-state index contributed by atoms with van der Waals surface area (Å²) < 4.78 is 5.12. The Labute approximate surface area is 126 Å². The van der Waals surface area contributed by atoms with Crippen molar-refractivity contribution in [3.8, 4) is 0 Å². The number of carbonyl (C=O) groups is 1. The number of likely N-dealkylation sites (N-methyl/N-ethyl adjacent to an activating group) is 1. The zero-order chi connectivity index (χ0) is 15.2. The molecule has 0 atom stereocenters. The zero-order valence-corrected chi connectivity index (χ0v) is 14.0. The number of esters is 1. The molecule has 0 radical (unpaired) electrons. The monoisotopic (exact) mass is 298 g/mol. The van der Waals surface area contributed by atoms with Crippen LogP contribution in [0.15, 0.2) is 5.38 Å². The lowest BCUT2D eigenvalue weighted by atomic mass is 9.90. The van der Waals surface area contributed by atoms with Gasteiger partial charge in [0.2, 0.25) is 0 Å². The van der Waals surface area contributed by atoms with Crippen molar-refractivity contribution in [1.82, 2.24) is 9.88 Å². The van der Waals surface area contributed by atoms with Crippen molar-refractivity contribution in [2.45, 2.75) is 46.5 Å². The van der Waals surface area contributed by atoms with Gasteiger partial charge in [-0.2, -0.15) is 0 Å². The smallest absolute Gasteiger partial charge is 0.317 e. The van der Waals surface area contributed by atoms with Gasteiger partial charge in [0.15, 0.2) is 0 Å². The molecule has 0 amide bonds. The number of hydrogen-bond acceptors (Lipinski definition) is 5. The molecule has 0 bridgehead atoms. The SMILES string of the molecule is CCOC(=O)C(C)(C)c1csc(CCN(CC)CC)n1. The average molecular weight is 298 g/mol. The summed E-state index contributed by atoms with van der Waals surface area (Å²) in [5, 5.41) is 3.07. The van der Waals surface area contributed by atoms with Crippen molar-refractivity contribution in [2.24, 2.45) is 0 Å². The second kappa shape index (κ2) is 7.74. The highest BCUT2D eigenvalue weighted by Crippen LogP contribution is 2.26. The van der Waals surface area contributed by atoms with Crippen LogP contribution in [-0.2, 0) is 21.4 Å². The van der Waals surface area contributed by atoms with Gasteiger partial charge in [0.1, 0.15) is 5.41 Å². The van der Waals surface area contributed by atoms with Crippen LogP contribution in [0.2, 0.25) is 0 Å². The first-order chi connectivity index (χ1) is 9.45. The highest BCUT2D eigenvalue weighted by Gasteiger charge is 2.33. The number of thiazole rings is 1. The van der Waals surface area contributed by atoms with E-state index >= 15 is 0 Å². The van der Waals surface area contributed by atoms with E-state index in [0.717, 1.165) is 36.8 Å². The number of nitrogens with zero attached hydrogens (tertiary/aromatic N) is 2. The first kappa shape index (κ1) is 17.1. The second-order valence-electron chi connectivity index (χ2n) is 5.25. The molecule has 5 heteroatoms. The predicted octanol–water partition coefficient (Wildman–Crippen LogP) is 2.87. The van der Waals surface area contributed by atoms with Crippen molar-refractivity contribution < 1.29 is 9.53 Å². The van der Waals surface area contributed by atoms with Crippen LogP contribution in [0.1, 0.15) is 45.3 Å². The summed E-state index contributed by atoms with van der Waals surface area (Å²) in [6, 6.07) is 0. The van der Waals surface area contributed by atoms with E-state index in [2.05, 4.69) is 23.7 Å². The summed E-state index contributed by atoms with van der Waals surface area (Å²) in [4.78, 5) is 19.0. The minimum Gasteiger partial charge on any atom is -0.465 e. The maximum absolute atomic E-state index is 12.0. The summed E-state index contributed by atoms with van der Waals surface area (Å²) in [5.41, 5.74) is 0.149. The van der Waals surface area contributed by atoms with Crippen LogP contribution < -0.4 is 0 Å². The molecule has 4 nitrogen and oxygen atoms in total. The fourth-order valence-electron chi connectivity index (χ4n) is 1.92. The number of hydrogen-bond donors (Lipinski definition) is 0. The van der Waals surface area contributed by atoms with Gasteiger partial charge in [0.25, 0.3) is 0 Å². The summed E-state index contributed by atoms with van der Waals surface area (Å²) >= 11 is 1.63. The molecule has 1 aromatic heterocycles. The van der Waals surface area contributed by atoms with E-state index in [4.69, 9.17) is 4.74 Å². The molecule has 0 unspecified atom stereocenters. The van der Waals surface area contributed by atoms with Gasteiger partial charge in [0.05, 0.1) is 17.3 Å².